The van der Waals surface area contributed by atoms with Crippen LogP contribution in [-0.2, 0) is 11.8 Å². The first kappa shape index (κ1) is 27.0. The summed E-state index contributed by atoms with van der Waals surface area (Å²) in [5.74, 6) is -1.23. The van der Waals surface area contributed by atoms with Gasteiger partial charge in [-0.2, -0.15) is 5.26 Å². The van der Waals surface area contributed by atoms with E-state index in [1.807, 2.05) is 12.1 Å². The van der Waals surface area contributed by atoms with Gasteiger partial charge < -0.3 is 29.6 Å². The zero-order valence-electron chi connectivity index (χ0n) is 19.6. The second-order valence-corrected chi connectivity index (χ2v) is 8.29. The molecule has 0 spiro atoms. The summed E-state index contributed by atoms with van der Waals surface area (Å²) < 4.78 is 12.9. The van der Waals surface area contributed by atoms with Gasteiger partial charge in [-0.15, -0.1) is 12.4 Å². The second-order valence-electron chi connectivity index (χ2n) is 8.29. The quantitative estimate of drug-likeness (QED) is 0.417. The molecule has 1 atom stereocenters. The lowest BCUT2D eigenvalue weighted by Crippen LogP contribution is -2.42. The van der Waals surface area contributed by atoms with Crippen molar-refractivity contribution in [2.45, 2.75) is 6.10 Å². The number of benzene rings is 2. The Labute approximate surface area is 214 Å². The van der Waals surface area contributed by atoms with E-state index in [1.165, 1.54) is 18.2 Å². The van der Waals surface area contributed by atoms with Crippen LogP contribution in [0.4, 0.5) is 5.69 Å². The monoisotopic (exact) mass is 514 g/mol. The topological polar surface area (TPSA) is 137 Å². The van der Waals surface area contributed by atoms with Crippen LogP contribution in [0.25, 0.3) is 10.9 Å². The molecule has 1 fully saturated rings. The molecule has 2 heterocycles. The van der Waals surface area contributed by atoms with Crippen molar-refractivity contribution < 1.29 is 29.3 Å². The maximum atomic E-state index is 13.0. The van der Waals surface area contributed by atoms with Crippen LogP contribution >= 0.6 is 12.4 Å². The van der Waals surface area contributed by atoms with Gasteiger partial charge in [-0.05, 0) is 30.3 Å². The summed E-state index contributed by atoms with van der Waals surface area (Å²) in [5, 5.41) is 32.3. The van der Waals surface area contributed by atoms with Crippen molar-refractivity contribution >= 4 is 40.9 Å². The third-order valence-electron chi connectivity index (χ3n) is 5.88. The molecule has 2 aromatic carbocycles. The summed E-state index contributed by atoms with van der Waals surface area (Å²) >= 11 is 0. The highest BCUT2D eigenvalue weighted by Crippen LogP contribution is 2.29. The van der Waals surface area contributed by atoms with Gasteiger partial charge in [0.25, 0.3) is 5.91 Å². The molecule has 10 nitrogen and oxygen atoms in total. The predicted octanol–water partition coefficient (Wildman–Crippen LogP) is 2.49. The first-order valence-corrected chi connectivity index (χ1v) is 11.2. The molecule has 0 saturated carbocycles. The first-order valence-electron chi connectivity index (χ1n) is 11.2. The zero-order valence-corrected chi connectivity index (χ0v) is 20.5. The maximum Gasteiger partial charge on any atom is 0.337 e. The number of aliphatic hydroxyl groups excluding tert-OH is 1. The van der Waals surface area contributed by atoms with Gasteiger partial charge in [0, 0.05) is 32.1 Å². The Morgan fingerprint density at radius 3 is 2.67 bits per heavy atom. The van der Waals surface area contributed by atoms with Crippen molar-refractivity contribution in [1.29, 1.82) is 5.26 Å². The van der Waals surface area contributed by atoms with Crippen LogP contribution in [0.5, 0.6) is 5.75 Å². The van der Waals surface area contributed by atoms with Crippen LogP contribution in [0.1, 0.15) is 26.4 Å². The molecule has 3 aromatic rings. The number of nitriles is 1. The Balaban J connectivity index is 0.00000361. The number of fused-ring (bicyclic) bond motifs is 1. The molecule has 4 rings (SSSR count). The molecule has 1 unspecified atom stereocenters. The number of ether oxygens (including phenoxy) is 2. The average Bonchev–Trinajstić information content (AvgIpc) is 3.20. The van der Waals surface area contributed by atoms with Crippen LogP contribution in [0, 0.1) is 11.3 Å². The Kier molecular flexibility index (Phi) is 8.90. The van der Waals surface area contributed by atoms with Gasteiger partial charge >= 0.3 is 5.97 Å². The van der Waals surface area contributed by atoms with Gasteiger partial charge in [-0.3, -0.25) is 9.69 Å². The number of halogens is 1. The maximum absolute atomic E-state index is 13.0. The van der Waals surface area contributed by atoms with Gasteiger partial charge in [0.15, 0.2) is 0 Å². The van der Waals surface area contributed by atoms with E-state index in [-0.39, 0.29) is 35.8 Å². The third kappa shape index (κ3) is 5.95. The number of amides is 1. The normalized spacial score (nSPS) is 14.5. The molecule has 0 radical (unpaired) electrons. The van der Waals surface area contributed by atoms with Crippen LogP contribution < -0.4 is 10.1 Å². The Morgan fingerprint density at radius 2 is 1.97 bits per heavy atom. The minimum Gasteiger partial charge on any atom is -0.489 e. The molecule has 11 heteroatoms. The number of nitrogens with zero attached hydrogens (tertiary/aromatic N) is 3. The molecule has 3 N–H and O–H groups in total. The van der Waals surface area contributed by atoms with E-state index in [1.54, 1.807) is 29.8 Å². The summed E-state index contributed by atoms with van der Waals surface area (Å²) in [5.41, 5.74) is 1.08. The van der Waals surface area contributed by atoms with Crippen molar-refractivity contribution in [2.75, 3.05) is 44.8 Å². The number of hydrogen-bond acceptors (Lipinski definition) is 7. The number of rotatable bonds is 8. The fourth-order valence-electron chi connectivity index (χ4n) is 4.12. The number of nitrogens with one attached hydrogen (secondary N) is 1. The molecule has 0 bridgehead atoms. The van der Waals surface area contributed by atoms with E-state index in [2.05, 4.69) is 10.2 Å². The minimum atomic E-state index is -1.25. The standard InChI is InChI=1S/C25H26N4O6.ClH/c1-28-21(24(31)27-20-6-5-16(13-26)11-19(20)25(32)33)12-17-3-2-4-22(23(17)28)35-15-18(30)14-29-7-9-34-10-8-29;/h2-6,11-12,18,30H,7-10,14-15H2,1H3,(H,27,31)(H,32,33);1H. The van der Waals surface area contributed by atoms with Crippen molar-refractivity contribution in [3.05, 3.63) is 59.3 Å². The number of aromatic nitrogens is 1. The van der Waals surface area contributed by atoms with E-state index in [0.717, 1.165) is 18.5 Å². The lowest BCUT2D eigenvalue weighted by Gasteiger charge is -2.28. The largest absolute Gasteiger partial charge is 0.489 e. The van der Waals surface area contributed by atoms with Gasteiger partial charge in [-0.1, -0.05) is 12.1 Å². The van der Waals surface area contributed by atoms with Gasteiger partial charge in [0.1, 0.15) is 24.2 Å². The molecule has 1 aromatic heterocycles. The van der Waals surface area contributed by atoms with E-state index in [9.17, 15) is 19.8 Å². The van der Waals surface area contributed by atoms with Crippen molar-refractivity contribution in [3.63, 3.8) is 0 Å². The number of carbonyl (C=O) groups is 2. The molecule has 190 valence electrons. The van der Waals surface area contributed by atoms with Crippen LogP contribution in [0.3, 0.4) is 0 Å². The van der Waals surface area contributed by atoms with Crippen molar-refractivity contribution in [2.24, 2.45) is 7.05 Å². The van der Waals surface area contributed by atoms with E-state index < -0.39 is 18.0 Å². The van der Waals surface area contributed by atoms with E-state index >= 15 is 0 Å². The lowest BCUT2D eigenvalue weighted by atomic mass is 10.1. The smallest absolute Gasteiger partial charge is 0.337 e. The molecule has 0 aliphatic carbocycles. The summed E-state index contributed by atoms with van der Waals surface area (Å²) in [4.78, 5) is 26.8. The fourth-order valence-corrected chi connectivity index (χ4v) is 4.12. The number of aliphatic hydroxyl groups is 1. The number of hydrogen-bond donors (Lipinski definition) is 3. The molecule has 1 saturated heterocycles. The molecule has 36 heavy (non-hydrogen) atoms. The minimum absolute atomic E-state index is 0. The number of anilines is 1. The molecule has 1 amide bonds. The Bertz CT molecular complexity index is 1300. The fraction of sp³-hybridized carbons (Fsp3) is 0.320. The highest BCUT2D eigenvalue weighted by Gasteiger charge is 2.20. The molecular formula is C25H27ClN4O6. The van der Waals surface area contributed by atoms with Crippen LogP contribution in [0.2, 0.25) is 0 Å². The van der Waals surface area contributed by atoms with Crippen LogP contribution in [-0.4, -0.2) is 77.1 Å². The third-order valence-corrected chi connectivity index (χ3v) is 5.88. The Hall–Kier alpha value is -3.62. The summed E-state index contributed by atoms with van der Waals surface area (Å²) in [7, 11) is 1.71. The SMILES string of the molecule is Cl.Cn1c(C(=O)Nc2ccc(C#N)cc2C(=O)O)cc2cccc(OCC(O)CN3CCOCC3)c21. The van der Waals surface area contributed by atoms with Crippen molar-refractivity contribution in [1.82, 2.24) is 9.47 Å². The number of morpholine rings is 1. The van der Waals surface area contributed by atoms with Crippen molar-refractivity contribution in [3.8, 4) is 11.8 Å². The number of carboxylic acid groups (broad SMARTS) is 1. The number of β-amino-alcohol motifs (C(OH)–C–C–N with tert-alkyl or cyclic N) is 1. The second kappa shape index (κ2) is 11.9. The predicted molar refractivity (Wildman–Crippen MR) is 135 cm³/mol. The molecular weight excluding hydrogens is 488 g/mol. The number of para-hydroxylation sites is 1. The lowest BCUT2D eigenvalue weighted by molar-refractivity contribution is 0.00476. The number of aromatic carboxylic acids is 1. The molecule has 1 aliphatic heterocycles. The van der Waals surface area contributed by atoms with Gasteiger partial charge in [0.2, 0.25) is 0 Å². The summed E-state index contributed by atoms with van der Waals surface area (Å²) in [6.45, 7) is 3.42. The van der Waals surface area contributed by atoms with Gasteiger partial charge in [0.05, 0.1) is 41.6 Å². The highest BCUT2D eigenvalue weighted by molar-refractivity contribution is 6.09. The summed E-state index contributed by atoms with van der Waals surface area (Å²) in [6.07, 6.45) is -0.683. The number of carbonyl (C=O) groups excluding carboxylic acids is 1. The van der Waals surface area contributed by atoms with E-state index in [0.29, 0.717) is 36.7 Å². The van der Waals surface area contributed by atoms with E-state index in [4.69, 9.17) is 14.7 Å². The molecule has 1 aliphatic rings. The highest BCUT2D eigenvalue weighted by atomic mass is 35.5. The van der Waals surface area contributed by atoms with Crippen LogP contribution in [0.15, 0.2) is 42.5 Å². The summed E-state index contributed by atoms with van der Waals surface area (Å²) in [6, 6.07) is 13.0. The Morgan fingerprint density at radius 1 is 1.22 bits per heavy atom. The zero-order chi connectivity index (χ0) is 24.9. The average molecular weight is 515 g/mol. The number of carboxylic acids is 1. The first-order chi connectivity index (χ1) is 16.9. The number of aryl methyl sites for hydroxylation is 1. The van der Waals surface area contributed by atoms with Gasteiger partial charge in [-0.25, -0.2) is 4.79 Å².